The number of aliphatic carboxylic acids is 1. The van der Waals surface area contributed by atoms with Gasteiger partial charge in [0.25, 0.3) is 0 Å². The first-order chi connectivity index (χ1) is 10.5. The smallest absolute Gasteiger partial charge is 0.328 e. The Bertz CT molecular complexity index is 580. The highest BCUT2D eigenvalue weighted by Crippen LogP contribution is 2.18. The molecule has 7 nitrogen and oxygen atoms in total. The molecule has 22 heavy (non-hydrogen) atoms. The van der Waals surface area contributed by atoms with Gasteiger partial charge in [-0.3, -0.25) is 9.69 Å². The summed E-state index contributed by atoms with van der Waals surface area (Å²) in [7, 11) is 0. The van der Waals surface area contributed by atoms with Crippen LogP contribution >= 0.6 is 0 Å². The van der Waals surface area contributed by atoms with E-state index in [1.165, 1.54) is 19.2 Å². The molecule has 1 aliphatic heterocycles. The van der Waals surface area contributed by atoms with Crippen molar-refractivity contribution in [3.63, 3.8) is 0 Å². The van der Waals surface area contributed by atoms with Gasteiger partial charge in [0.2, 0.25) is 5.91 Å². The summed E-state index contributed by atoms with van der Waals surface area (Å²) in [6.07, 6.45) is 4.08. The van der Waals surface area contributed by atoms with Crippen molar-refractivity contribution in [1.82, 2.24) is 9.88 Å². The quantitative estimate of drug-likeness (QED) is 0.788. The maximum absolute atomic E-state index is 11.3. The minimum absolute atomic E-state index is 0.190. The Hall–Kier alpha value is -2.25. The number of carboxylic acid groups (broad SMARTS) is 1. The number of pyridine rings is 1. The number of ether oxygens (including phenoxy) is 1. The largest absolute Gasteiger partial charge is 0.478 e. The van der Waals surface area contributed by atoms with Gasteiger partial charge in [-0.15, -0.1) is 0 Å². The van der Waals surface area contributed by atoms with Crippen molar-refractivity contribution in [2.75, 3.05) is 31.6 Å². The lowest BCUT2D eigenvalue weighted by atomic mass is 10.1. The topological polar surface area (TPSA) is 91.8 Å². The highest BCUT2D eigenvalue weighted by molar-refractivity contribution is 5.89. The fourth-order valence-electron chi connectivity index (χ4n) is 2.19. The molecule has 0 bridgehead atoms. The van der Waals surface area contributed by atoms with E-state index in [9.17, 15) is 9.59 Å². The Morgan fingerprint density at radius 2 is 2.18 bits per heavy atom. The van der Waals surface area contributed by atoms with Crippen LogP contribution in [0.1, 0.15) is 18.1 Å². The third-order valence-corrected chi connectivity index (χ3v) is 3.20. The van der Waals surface area contributed by atoms with Crippen molar-refractivity contribution in [3.05, 3.63) is 29.5 Å². The molecule has 0 atom stereocenters. The number of carbonyl (C=O) groups excluding carboxylic acids is 1. The fraction of sp³-hybridized carbons (Fsp3) is 0.400. The van der Waals surface area contributed by atoms with Crippen molar-refractivity contribution in [2.24, 2.45) is 0 Å². The lowest BCUT2D eigenvalue weighted by Gasteiger charge is -2.27. The van der Waals surface area contributed by atoms with E-state index >= 15 is 0 Å². The predicted molar refractivity (Wildman–Crippen MR) is 81.3 cm³/mol. The zero-order chi connectivity index (χ0) is 15.9. The number of nitrogens with one attached hydrogen (secondary N) is 1. The number of hydrogen-bond donors (Lipinski definition) is 2. The summed E-state index contributed by atoms with van der Waals surface area (Å²) < 4.78 is 5.32. The van der Waals surface area contributed by atoms with Crippen LogP contribution in [0, 0.1) is 0 Å². The van der Waals surface area contributed by atoms with Gasteiger partial charge in [-0.2, -0.15) is 0 Å². The zero-order valence-corrected chi connectivity index (χ0v) is 12.4. The normalized spacial score (nSPS) is 15.9. The van der Waals surface area contributed by atoms with Crippen LogP contribution in [0.4, 0.5) is 5.82 Å². The molecular formula is C15H19N3O4. The van der Waals surface area contributed by atoms with Crippen molar-refractivity contribution >= 4 is 23.8 Å². The zero-order valence-electron chi connectivity index (χ0n) is 12.4. The van der Waals surface area contributed by atoms with Crippen molar-refractivity contribution in [1.29, 1.82) is 0 Å². The predicted octanol–water partition coefficient (Wildman–Crippen LogP) is 0.970. The van der Waals surface area contributed by atoms with Crippen LogP contribution < -0.4 is 5.32 Å². The van der Waals surface area contributed by atoms with Gasteiger partial charge in [0.05, 0.1) is 13.2 Å². The average molecular weight is 305 g/mol. The van der Waals surface area contributed by atoms with Crippen LogP contribution in [0.25, 0.3) is 6.08 Å². The first-order valence-electron chi connectivity index (χ1n) is 7.02. The number of anilines is 1. The van der Waals surface area contributed by atoms with Crippen molar-refractivity contribution in [2.45, 2.75) is 13.5 Å². The maximum Gasteiger partial charge on any atom is 0.328 e. The fourth-order valence-corrected chi connectivity index (χ4v) is 2.19. The highest BCUT2D eigenvalue weighted by atomic mass is 16.5. The molecule has 1 aromatic rings. The van der Waals surface area contributed by atoms with E-state index in [1.54, 1.807) is 0 Å². The summed E-state index contributed by atoms with van der Waals surface area (Å²) in [5.74, 6) is -0.698. The van der Waals surface area contributed by atoms with E-state index in [4.69, 9.17) is 9.84 Å². The second-order valence-electron chi connectivity index (χ2n) is 5.02. The molecule has 7 heteroatoms. The Balaban J connectivity index is 2.21. The summed E-state index contributed by atoms with van der Waals surface area (Å²) in [5, 5.41) is 11.4. The van der Waals surface area contributed by atoms with Crippen LogP contribution in [-0.2, 0) is 20.9 Å². The summed E-state index contributed by atoms with van der Waals surface area (Å²) in [5.41, 5.74) is 1.53. The van der Waals surface area contributed by atoms with Crippen LogP contribution in [0.3, 0.4) is 0 Å². The van der Waals surface area contributed by atoms with Gasteiger partial charge < -0.3 is 15.2 Å². The number of rotatable bonds is 5. The maximum atomic E-state index is 11.3. The molecule has 2 rings (SSSR count). The molecule has 1 saturated heterocycles. The lowest BCUT2D eigenvalue weighted by molar-refractivity contribution is -0.131. The van der Waals surface area contributed by atoms with E-state index < -0.39 is 5.97 Å². The molecule has 1 aromatic heterocycles. The van der Waals surface area contributed by atoms with Gasteiger partial charge >= 0.3 is 5.97 Å². The molecule has 0 unspecified atom stereocenters. The van der Waals surface area contributed by atoms with E-state index in [0.717, 1.165) is 24.7 Å². The van der Waals surface area contributed by atoms with Gasteiger partial charge in [0.1, 0.15) is 5.82 Å². The second kappa shape index (κ2) is 7.67. The molecule has 1 aliphatic rings. The van der Waals surface area contributed by atoms with E-state index in [0.29, 0.717) is 31.1 Å². The van der Waals surface area contributed by atoms with Gasteiger partial charge in [-0.25, -0.2) is 9.78 Å². The molecule has 0 aliphatic carbocycles. The molecule has 1 fully saturated rings. The molecular weight excluding hydrogens is 286 g/mol. The number of hydrogen-bond acceptors (Lipinski definition) is 5. The van der Waals surface area contributed by atoms with Crippen molar-refractivity contribution in [3.8, 4) is 0 Å². The molecule has 2 N–H and O–H groups in total. The Labute approximate surface area is 128 Å². The minimum Gasteiger partial charge on any atom is -0.478 e. The Morgan fingerprint density at radius 1 is 1.45 bits per heavy atom. The van der Waals surface area contributed by atoms with Crippen LogP contribution in [0.15, 0.2) is 18.3 Å². The van der Waals surface area contributed by atoms with Gasteiger partial charge in [0.15, 0.2) is 0 Å². The summed E-state index contributed by atoms with van der Waals surface area (Å²) in [6.45, 7) is 5.05. The van der Waals surface area contributed by atoms with Crippen LogP contribution in [0.2, 0.25) is 0 Å². The second-order valence-corrected chi connectivity index (χ2v) is 5.02. The number of amides is 1. The summed E-state index contributed by atoms with van der Waals surface area (Å²) >= 11 is 0. The summed E-state index contributed by atoms with van der Waals surface area (Å²) in [4.78, 5) is 28.3. The van der Waals surface area contributed by atoms with Gasteiger partial charge in [-0.05, 0) is 17.7 Å². The number of aromatic nitrogens is 1. The van der Waals surface area contributed by atoms with Gasteiger partial charge in [0, 0.05) is 44.4 Å². The third kappa shape index (κ3) is 4.94. The number of nitrogens with zero attached hydrogens (tertiary/aromatic N) is 2. The molecule has 0 saturated carbocycles. The van der Waals surface area contributed by atoms with E-state index in [1.807, 2.05) is 6.07 Å². The first-order valence-corrected chi connectivity index (χ1v) is 7.02. The Kier molecular flexibility index (Phi) is 5.62. The monoisotopic (exact) mass is 305 g/mol. The molecule has 0 spiro atoms. The lowest BCUT2D eigenvalue weighted by Crippen LogP contribution is -2.36. The SMILES string of the molecule is CC(=O)Nc1ncc(/C=C/C(=O)O)cc1CN1CCOCC1. The number of carbonyl (C=O) groups is 2. The number of morpholine rings is 1. The molecule has 2 heterocycles. The summed E-state index contributed by atoms with van der Waals surface area (Å²) in [6, 6.07) is 1.84. The number of carboxylic acids is 1. The molecule has 1 amide bonds. The first kappa shape index (κ1) is 16.1. The van der Waals surface area contributed by atoms with Crippen LogP contribution in [-0.4, -0.2) is 53.2 Å². The van der Waals surface area contributed by atoms with E-state index in [-0.39, 0.29) is 5.91 Å². The standard InChI is InChI=1S/C15H19N3O4/c1-11(19)17-15-13(10-18-4-6-22-7-5-18)8-12(9-16-15)2-3-14(20)21/h2-3,8-9H,4-7,10H2,1H3,(H,20,21)(H,16,17,19)/b3-2+. The van der Waals surface area contributed by atoms with Crippen molar-refractivity contribution < 1.29 is 19.4 Å². The molecule has 0 aromatic carbocycles. The van der Waals surface area contributed by atoms with E-state index in [2.05, 4.69) is 15.2 Å². The highest BCUT2D eigenvalue weighted by Gasteiger charge is 2.14. The van der Waals surface area contributed by atoms with Crippen LogP contribution in [0.5, 0.6) is 0 Å². The van der Waals surface area contributed by atoms with Gasteiger partial charge in [-0.1, -0.05) is 0 Å². The molecule has 118 valence electrons. The average Bonchev–Trinajstić information content (AvgIpc) is 2.48. The third-order valence-electron chi connectivity index (χ3n) is 3.20. The Morgan fingerprint density at radius 3 is 2.82 bits per heavy atom. The molecule has 0 radical (unpaired) electrons. The minimum atomic E-state index is -1.01.